The zero-order valence-electron chi connectivity index (χ0n) is 21.6. The molecular formula is C30H40O7. The van der Waals surface area contributed by atoms with Gasteiger partial charge in [-0.25, -0.2) is 0 Å². The highest BCUT2D eigenvalue weighted by atomic mass is 16.6. The van der Waals surface area contributed by atoms with E-state index in [1.807, 2.05) is 60.7 Å². The van der Waals surface area contributed by atoms with Crippen molar-refractivity contribution in [2.45, 2.75) is 88.9 Å². The Labute approximate surface area is 219 Å². The molecule has 2 aromatic carbocycles. The van der Waals surface area contributed by atoms with Gasteiger partial charge >= 0.3 is 0 Å². The molecule has 0 aromatic heterocycles. The number of hydrogen-bond donors (Lipinski definition) is 2. The molecule has 7 nitrogen and oxygen atoms in total. The molecule has 2 N–H and O–H groups in total. The molecule has 37 heavy (non-hydrogen) atoms. The summed E-state index contributed by atoms with van der Waals surface area (Å²) in [6.45, 7) is 3.61. The van der Waals surface area contributed by atoms with Crippen LogP contribution in [0.25, 0.3) is 0 Å². The number of ketones is 1. The van der Waals surface area contributed by atoms with Gasteiger partial charge in [-0.3, -0.25) is 4.79 Å². The van der Waals surface area contributed by atoms with Crippen LogP contribution in [0.5, 0.6) is 0 Å². The van der Waals surface area contributed by atoms with Gasteiger partial charge in [0.15, 0.2) is 5.78 Å². The molecule has 0 spiro atoms. The first-order chi connectivity index (χ1) is 18.0. The number of benzene rings is 2. The van der Waals surface area contributed by atoms with Crippen molar-refractivity contribution in [1.82, 2.24) is 0 Å². The maximum Gasteiger partial charge on any atom is 0.164 e. The average Bonchev–Trinajstić information content (AvgIpc) is 2.94. The van der Waals surface area contributed by atoms with Crippen molar-refractivity contribution in [1.29, 1.82) is 0 Å². The maximum atomic E-state index is 13.3. The third-order valence-electron chi connectivity index (χ3n) is 7.38. The number of carbonyl (C=O) groups excluding carboxylic acids is 1. The normalized spacial score (nSPS) is 26.8. The van der Waals surface area contributed by atoms with Gasteiger partial charge < -0.3 is 29.2 Å². The zero-order valence-corrected chi connectivity index (χ0v) is 21.6. The van der Waals surface area contributed by atoms with E-state index < -0.39 is 36.4 Å². The number of ether oxygens (including phenoxy) is 4. The fourth-order valence-corrected chi connectivity index (χ4v) is 5.18. The van der Waals surface area contributed by atoms with E-state index in [2.05, 4.69) is 0 Å². The van der Waals surface area contributed by atoms with Crippen LogP contribution in [0.4, 0.5) is 0 Å². The highest BCUT2D eigenvalue weighted by molar-refractivity contribution is 5.83. The number of rotatable bonds is 12. The molecule has 2 aliphatic heterocycles. The van der Waals surface area contributed by atoms with Gasteiger partial charge in [0.2, 0.25) is 0 Å². The first-order valence-electron chi connectivity index (χ1n) is 13.5. The van der Waals surface area contributed by atoms with Gasteiger partial charge in [-0.2, -0.15) is 0 Å². The van der Waals surface area contributed by atoms with E-state index in [0.717, 1.165) is 30.4 Å². The van der Waals surface area contributed by atoms with Gasteiger partial charge in [0.25, 0.3) is 0 Å². The lowest BCUT2D eigenvalue weighted by atomic mass is 9.85. The smallest absolute Gasteiger partial charge is 0.164 e. The van der Waals surface area contributed by atoms with Crippen LogP contribution in [0.1, 0.15) is 50.2 Å². The molecule has 4 rings (SSSR count). The second kappa shape index (κ2) is 14.1. The lowest BCUT2D eigenvalue weighted by Gasteiger charge is -2.38. The molecule has 2 aliphatic rings. The summed E-state index contributed by atoms with van der Waals surface area (Å²) in [4.78, 5) is 13.3. The summed E-state index contributed by atoms with van der Waals surface area (Å²) >= 11 is 0. The van der Waals surface area contributed by atoms with Crippen LogP contribution in [0, 0.1) is 5.92 Å². The highest BCUT2D eigenvalue weighted by Gasteiger charge is 2.41. The van der Waals surface area contributed by atoms with E-state index in [0.29, 0.717) is 32.8 Å². The molecular weight excluding hydrogens is 472 g/mol. The van der Waals surface area contributed by atoms with Crippen molar-refractivity contribution in [2.75, 3.05) is 13.2 Å². The van der Waals surface area contributed by atoms with Gasteiger partial charge in [-0.15, -0.1) is 0 Å². The molecule has 7 atom stereocenters. The fourth-order valence-electron chi connectivity index (χ4n) is 5.18. The summed E-state index contributed by atoms with van der Waals surface area (Å²) in [5.74, 6) is -0.896. The van der Waals surface area contributed by atoms with Gasteiger partial charge in [-0.05, 0) is 36.8 Å². The molecule has 0 aliphatic carbocycles. The van der Waals surface area contributed by atoms with E-state index in [4.69, 9.17) is 18.9 Å². The lowest BCUT2D eigenvalue weighted by molar-refractivity contribution is -0.177. The van der Waals surface area contributed by atoms with Crippen LogP contribution >= 0.6 is 0 Å². The molecule has 2 heterocycles. The topological polar surface area (TPSA) is 94.5 Å². The van der Waals surface area contributed by atoms with E-state index >= 15 is 0 Å². The summed E-state index contributed by atoms with van der Waals surface area (Å²) in [7, 11) is 0. The first kappa shape index (κ1) is 27.9. The summed E-state index contributed by atoms with van der Waals surface area (Å²) in [5, 5.41) is 21.8. The van der Waals surface area contributed by atoms with Crippen LogP contribution < -0.4 is 0 Å². The van der Waals surface area contributed by atoms with Crippen LogP contribution in [0.2, 0.25) is 0 Å². The summed E-state index contributed by atoms with van der Waals surface area (Å²) < 4.78 is 24.2. The number of carbonyl (C=O) groups is 1. The third kappa shape index (κ3) is 7.93. The quantitative estimate of drug-likeness (QED) is 0.446. The van der Waals surface area contributed by atoms with Crippen molar-refractivity contribution in [3.63, 3.8) is 0 Å². The summed E-state index contributed by atoms with van der Waals surface area (Å²) in [6, 6.07) is 19.6. The Bertz CT molecular complexity index is 937. The van der Waals surface area contributed by atoms with Crippen LogP contribution in [-0.2, 0) is 37.0 Å². The molecule has 2 saturated heterocycles. The van der Waals surface area contributed by atoms with Crippen LogP contribution in [0.15, 0.2) is 60.7 Å². The zero-order chi connectivity index (χ0) is 26.0. The minimum atomic E-state index is -1.28. The Morgan fingerprint density at radius 2 is 1.57 bits per heavy atom. The minimum absolute atomic E-state index is 0.0600. The predicted octanol–water partition coefficient (Wildman–Crippen LogP) is 3.83. The maximum absolute atomic E-state index is 13.3. The Balaban J connectivity index is 1.39. The van der Waals surface area contributed by atoms with Gasteiger partial charge in [-0.1, -0.05) is 67.6 Å². The SMILES string of the molecule is C[C@@H](C(O)C(=O)C[C@@H]1OCCC[C@H]1OCc1ccccc1)[C@@H](OCc1ccccc1)[C@H]1OCCC[C@@H]1O. The third-order valence-corrected chi connectivity index (χ3v) is 7.38. The highest BCUT2D eigenvalue weighted by Crippen LogP contribution is 2.29. The van der Waals surface area contributed by atoms with Crippen molar-refractivity contribution < 1.29 is 34.0 Å². The van der Waals surface area contributed by atoms with Crippen molar-refractivity contribution >= 4 is 5.78 Å². The second-order valence-electron chi connectivity index (χ2n) is 10.2. The molecule has 0 bridgehead atoms. The molecule has 0 radical (unpaired) electrons. The van der Waals surface area contributed by atoms with E-state index in [-0.39, 0.29) is 18.3 Å². The molecule has 202 valence electrons. The van der Waals surface area contributed by atoms with Crippen molar-refractivity contribution in [3.05, 3.63) is 71.8 Å². The summed E-state index contributed by atoms with van der Waals surface area (Å²) in [6.07, 6.45) is -0.766. The Morgan fingerprint density at radius 3 is 2.24 bits per heavy atom. The molecule has 1 unspecified atom stereocenters. The molecule has 2 aromatic rings. The average molecular weight is 513 g/mol. The van der Waals surface area contributed by atoms with Crippen LogP contribution in [0.3, 0.4) is 0 Å². The number of hydrogen-bond acceptors (Lipinski definition) is 7. The number of Topliss-reactive ketones (excluding diaryl/α,β-unsaturated/α-hetero) is 1. The minimum Gasteiger partial charge on any atom is -0.390 e. The first-order valence-corrected chi connectivity index (χ1v) is 13.5. The van der Waals surface area contributed by atoms with E-state index in [1.54, 1.807) is 6.92 Å². The van der Waals surface area contributed by atoms with Crippen LogP contribution in [-0.4, -0.2) is 65.8 Å². The molecule has 2 fully saturated rings. The second-order valence-corrected chi connectivity index (χ2v) is 10.2. The van der Waals surface area contributed by atoms with Crippen molar-refractivity contribution in [3.8, 4) is 0 Å². The number of aliphatic hydroxyl groups is 2. The van der Waals surface area contributed by atoms with Gasteiger partial charge in [0, 0.05) is 25.6 Å². The standard InChI is InChI=1S/C30H40O7/c1-21(29(30-24(31)14-8-17-35-30)37-20-23-12-6-3-7-13-23)28(33)25(32)18-27-26(15-9-16-34-27)36-19-22-10-4-2-5-11-22/h2-7,10-13,21,24,26-31,33H,8-9,14-20H2,1H3/t21-,24-,26+,27-,28?,29+,30-/m0/s1. The van der Waals surface area contributed by atoms with Crippen molar-refractivity contribution in [2.24, 2.45) is 5.92 Å². The van der Waals surface area contributed by atoms with Gasteiger partial charge in [0.05, 0.1) is 37.6 Å². The Hall–Kier alpha value is -2.13. The lowest BCUT2D eigenvalue weighted by Crippen LogP contribution is -2.51. The molecule has 7 heteroatoms. The number of aliphatic hydroxyl groups excluding tert-OH is 2. The Kier molecular flexibility index (Phi) is 10.7. The predicted molar refractivity (Wildman–Crippen MR) is 139 cm³/mol. The monoisotopic (exact) mass is 512 g/mol. The van der Waals surface area contributed by atoms with Gasteiger partial charge in [0.1, 0.15) is 12.2 Å². The Morgan fingerprint density at radius 1 is 0.946 bits per heavy atom. The van der Waals surface area contributed by atoms with E-state index in [1.165, 1.54) is 0 Å². The molecule has 0 saturated carbocycles. The molecule has 0 amide bonds. The van der Waals surface area contributed by atoms with E-state index in [9.17, 15) is 15.0 Å². The fraction of sp³-hybridized carbons (Fsp3) is 0.567. The summed E-state index contributed by atoms with van der Waals surface area (Å²) in [5.41, 5.74) is 2.04. The largest absolute Gasteiger partial charge is 0.390 e.